The third kappa shape index (κ3) is 3.55. The molecule has 0 aromatic heterocycles. The highest BCUT2D eigenvalue weighted by Gasteiger charge is 2.33. The standard InChI is InChI=1S/C23H26N4O3/c1-25-15-19-7-6-18(14-20(19)24-25)16-2-4-17(5-3-16)22(28)26-9-11-27(12-10-26)23(29)21-8-13-30-21/h2-7,14,21,24H,8-13,15H2,1H3. The summed E-state index contributed by atoms with van der Waals surface area (Å²) in [6, 6.07) is 14.2. The quantitative estimate of drug-likeness (QED) is 0.847. The van der Waals surface area contributed by atoms with Crippen LogP contribution in [0.3, 0.4) is 0 Å². The summed E-state index contributed by atoms with van der Waals surface area (Å²) in [4.78, 5) is 28.8. The molecule has 7 nitrogen and oxygen atoms in total. The molecule has 7 heteroatoms. The lowest BCUT2D eigenvalue weighted by Crippen LogP contribution is -2.54. The number of carbonyl (C=O) groups excluding carboxylic acids is 2. The number of ether oxygens (including phenoxy) is 1. The predicted molar refractivity (Wildman–Crippen MR) is 114 cm³/mol. The zero-order chi connectivity index (χ0) is 20.7. The molecule has 156 valence electrons. The van der Waals surface area contributed by atoms with E-state index in [0.717, 1.165) is 29.8 Å². The average Bonchev–Trinajstić information content (AvgIpc) is 3.11. The number of nitrogens with zero attached hydrogens (tertiary/aromatic N) is 3. The van der Waals surface area contributed by atoms with E-state index in [1.54, 1.807) is 0 Å². The van der Waals surface area contributed by atoms with Crippen LogP contribution in [0, 0.1) is 0 Å². The van der Waals surface area contributed by atoms with Crippen LogP contribution in [-0.2, 0) is 16.1 Å². The van der Waals surface area contributed by atoms with Crippen molar-refractivity contribution in [3.8, 4) is 11.1 Å². The van der Waals surface area contributed by atoms with Gasteiger partial charge in [-0.15, -0.1) is 0 Å². The van der Waals surface area contributed by atoms with Crippen molar-refractivity contribution in [1.82, 2.24) is 14.8 Å². The van der Waals surface area contributed by atoms with Crippen molar-refractivity contribution in [1.29, 1.82) is 0 Å². The van der Waals surface area contributed by atoms with E-state index in [1.807, 2.05) is 41.1 Å². The van der Waals surface area contributed by atoms with Gasteiger partial charge in [0.2, 0.25) is 0 Å². The minimum Gasteiger partial charge on any atom is -0.368 e. The van der Waals surface area contributed by atoms with Crippen molar-refractivity contribution in [3.63, 3.8) is 0 Å². The SMILES string of the molecule is CN1Cc2ccc(-c3ccc(C(=O)N4CCN(C(=O)C5CCO5)CC4)cc3)cc2N1. The van der Waals surface area contributed by atoms with Crippen LogP contribution in [0.1, 0.15) is 22.3 Å². The highest BCUT2D eigenvalue weighted by atomic mass is 16.5. The summed E-state index contributed by atoms with van der Waals surface area (Å²) >= 11 is 0. The molecule has 2 aromatic rings. The zero-order valence-corrected chi connectivity index (χ0v) is 17.1. The molecule has 2 aromatic carbocycles. The predicted octanol–water partition coefficient (Wildman–Crippen LogP) is 2.20. The van der Waals surface area contributed by atoms with Gasteiger partial charge in [-0.05, 0) is 34.9 Å². The second kappa shape index (κ2) is 7.74. The van der Waals surface area contributed by atoms with E-state index in [0.29, 0.717) is 38.3 Å². The number of benzene rings is 2. The van der Waals surface area contributed by atoms with Gasteiger partial charge in [0, 0.05) is 51.8 Å². The van der Waals surface area contributed by atoms with Crippen molar-refractivity contribution in [3.05, 3.63) is 53.6 Å². The molecular formula is C23H26N4O3. The van der Waals surface area contributed by atoms with E-state index in [4.69, 9.17) is 4.74 Å². The van der Waals surface area contributed by atoms with Crippen molar-refractivity contribution in [2.24, 2.45) is 0 Å². The third-order valence-corrected chi connectivity index (χ3v) is 6.15. The van der Waals surface area contributed by atoms with Gasteiger partial charge in [-0.25, -0.2) is 5.01 Å². The highest BCUT2D eigenvalue weighted by molar-refractivity contribution is 5.95. The first-order chi connectivity index (χ1) is 14.6. The minimum atomic E-state index is -0.269. The molecule has 5 rings (SSSR count). The molecule has 0 aliphatic carbocycles. The summed E-state index contributed by atoms with van der Waals surface area (Å²) in [5.41, 5.74) is 8.65. The van der Waals surface area contributed by atoms with E-state index in [9.17, 15) is 9.59 Å². The van der Waals surface area contributed by atoms with Crippen LogP contribution < -0.4 is 5.43 Å². The normalized spacial score (nSPS) is 21.0. The van der Waals surface area contributed by atoms with Gasteiger partial charge >= 0.3 is 0 Å². The van der Waals surface area contributed by atoms with Gasteiger partial charge in [-0.3, -0.25) is 9.59 Å². The molecule has 30 heavy (non-hydrogen) atoms. The van der Waals surface area contributed by atoms with Crippen molar-refractivity contribution < 1.29 is 14.3 Å². The molecule has 1 unspecified atom stereocenters. The molecule has 0 saturated carbocycles. The number of rotatable bonds is 3. The fourth-order valence-corrected chi connectivity index (χ4v) is 4.25. The molecule has 1 atom stereocenters. The monoisotopic (exact) mass is 406 g/mol. The number of fused-ring (bicyclic) bond motifs is 1. The van der Waals surface area contributed by atoms with Crippen molar-refractivity contribution in [2.75, 3.05) is 45.3 Å². The Morgan fingerprint density at radius 2 is 1.63 bits per heavy atom. The fraction of sp³-hybridized carbons (Fsp3) is 0.391. The lowest BCUT2D eigenvalue weighted by atomic mass is 10.0. The first kappa shape index (κ1) is 19.1. The molecule has 3 heterocycles. The Morgan fingerprint density at radius 3 is 2.30 bits per heavy atom. The van der Waals surface area contributed by atoms with Crippen LogP contribution in [0.25, 0.3) is 11.1 Å². The number of hydrazine groups is 1. The van der Waals surface area contributed by atoms with Gasteiger partial charge in [0.15, 0.2) is 0 Å². The second-order valence-electron chi connectivity index (χ2n) is 8.18. The molecule has 2 amide bonds. The number of carbonyl (C=O) groups is 2. The van der Waals surface area contributed by atoms with E-state index in [1.165, 1.54) is 5.56 Å². The number of piperazine rings is 1. The second-order valence-corrected chi connectivity index (χ2v) is 8.18. The Kier molecular flexibility index (Phi) is 4.92. The Balaban J connectivity index is 1.22. The number of hydrogen-bond donors (Lipinski definition) is 1. The Bertz CT molecular complexity index is 963. The topological polar surface area (TPSA) is 65.1 Å². The first-order valence-electron chi connectivity index (χ1n) is 10.5. The van der Waals surface area contributed by atoms with Crippen LogP contribution in [-0.4, -0.2) is 72.6 Å². The summed E-state index contributed by atoms with van der Waals surface area (Å²) in [7, 11) is 2.02. The maximum absolute atomic E-state index is 12.9. The highest BCUT2D eigenvalue weighted by Crippen LogP contribution is 2.30. The number of hydrogen-bond acceptors (Lipinski definition) is 5. The maximum atomic E-state index is 12.9. The van der Waals surface area contributed by atoms with Gasteiger partial charge in [0.05, 0.1) is 12.3 Å². The largest absolute Gasteiger partial charge is 0.368 e. The van der Waals surface area contributed by atoms with Crippen LogP contribution in [0.5, 0.6) is 0 Å². The summed E-state index contributed by atoms with van der Waals surface area (Å²) in [5, 5.41) is 2.06. The van der Waals surface area contributed by atoms with Crippen molar-refractivity contribution in [2.45, 2.75) is 19.1 Å². The third-order valence-electron chi connectivity index (χ3n) is 6.15. The number of amides is 2. The van der Waals surface area contributed by atoms with E-state index in [-0.39, 0.29) is 17.9 Å². The lowest BCUT2D eigenvalue weighted by molar-refractivity contribution is -0.157. The Labute approximate surface area is 176 Å². The van der Waals surface area contributed by atoms with Crippen LogP contribution in [0.4, 0.5) is 5.69 Å². The smallest absolute Gasteiger partial charge is 0.253 e. The van der Waals surface area contributed by atoms with E-state index >= 15 is 0 Å². The fourth-order valence-electron chi connectivity index (χ4n) is 4.25. The Hall–Kier alpha value is -2.90. The van der Waals surface area contributed by atoms with Crippen LogP contribution >= 0.6 is 0 Å². The van der Waals surface area contributed by atoms with E-state index in [2.05, 4.69) is 28.6 Å². The van der Waals surface area contributed by atoms with Gasteiger partial charge in [-0.1, -0.05) is 24.3 Å². The molecule has 1 N–H and O–H groups in total. The summed E-state index contributed by atoms with van der Waals surface area (Å²) in [5.74, 6) is 0.0820. The van der Waals surface area contributed by atoms with Gasteiger partial charge in [0.1, 0.15) is 6.10 Å². The number of anilines is 1. The summed E-state index contributed by atoms with van der Waals surface area (Å²) < 4.78 is 5.29. The lowest BCUT2D eigenvalue weighted by Gasteiger charge is -2.38. The first-order valence-corrected chi connectivity index (χ1v) is 10.5. The minimum absolute atomic E-state index is 0.0192. The van der Waals surface area contributed by atoms with Gasteiger partial charge < -0.3 is 20.0 Å². The van der Waals surface area contributed by atoms with E-state index < -0.39 is 0 Å². The molecule has 2 saturated heterocycles. The molecule has 0 spiro atoms. The van der Waals surface area contributed by atoms with Gasteiger partial charge in [0.25, 0.3) is 11.8 Å². The van der Waals surface area contributed by atoms with Crippen molar-refractivity contribution >= 4 is 17.5 Å². The Morgan fingerprint density at radius 1 is 0.967 bits per heavy atom. The molecule has 0 bridgehead atoms. The van der Waals surface area contributed by atoms with Crippen LogP contribution in [0.15, 0.2) is 42.5 Å². The molecule has 3 aliphatic heterocycles. The zero-order valence-electron chi connectivity index (χ0n) is 17.1. The molecular weight excluding hydrogens is 380 g/mol. The maximum Gasteiger partial charge on any atom is 0.253 e. The molecule has 3 aliphatic rings. The van der Waals surface area contributed by atoms with Crippen LogP contribution in [0.2, 0.25) is 0 Å². The summed E-state index contributed by atoms with van der Waals surface area (Å²) in [6.07, 6.45) is 0.538. The average molecular weight is 406 g/mol. The van der Waals surface area contributed by atoms with Gasteiger partial charge in [-0.2, -0.15) is 0 Å². The molecule has 2 fully saturated rings. The number of nitrogens with one attached hydrogen (secondary N) is 1. The summed E-state index contributed by atoms with van der Waals surface area (Å²) in [6.45, 7) is 3.82. The molecule has 0 radical (unpaired) electrons.